The molecule has 0 aliphatic carbocycles. The van der Waals surface area contributed by atoms with Crippen molar-refractivity contribution >= 4 is 5.97 Å². The van der Waals surface area contributed by atoms with Gasteiger partial charge in [-0.2, -0.15) is 17.9 Å². The standard InChI is InChI=1S/C27H24F3N3O5/c1-3-17-15-21(13-14-22(17)37-16-23(34)35)38-24(18-7-5-4-6-8-18)25-31-33(26(36)32(25)2)20-11-9-19(10-12-20)27(28,29)30/h4-15,24H,3,16H2,1-2H3,(H,34,35). The van der Waals surface area contributed by atoms with Crippen molar-refractivity contribution in [3.8, 4) is 17.2 Å². The van der Waals surface area contributed by atoms with Crippen molar-refractivity contribution in [3.63, 3.8) is 0 Å². The zero-order chi connectivity index (χ0) is 27.4. The predicted molar refractivity (Wildman–Crippen MR) is 132 cm³/mol. The SMILES string of the molecule is CCc1cc(OC(c2ccccc2)c2nn(-c3ccc(C(F)(F)F)cc3)c(=O)n2C)ccc1OCC(=O)O. The second kappa shape index (κ2) is 10.8. The van der Waals surface area contributed by atoms with Gasteiger partial charge in [0.15, 0.2) is 18.5 Å². The van der Waals surface area contributed by atoms with Gasteiger partial charge in [-0.3, -0.25) is 4.57 Å². The minimum Gasteiger partial charge on any atom is -0.482 e. The summed E-state index contributed by atoms with van der Waals surface area (Å²) in [5.74, 6) is -0.0289. The molecule has 198 valence electrons. The van der Waals surface area contributed by atoms with Crippen molar-refractivity contribution in [2.75, 3.05) is 6.61 Å². The van der Waals surface area contributed by atoms with Crippen molar-refractivity contribution in [3.05, 3.63) is 106 Å². The Kier molecular flexibility index (Phi) is 7.56. The first-order valence-electron chi connectivity index (χ1n) is 11.6. The van der Waals surface area contributed by atoms with Gasteiger partial charge in [-0.05, 0) is 54.4 Å². The molecule has 0 amide bonds. The molecule has 1 aromatic heterocycles. The van der Waals surface area contributed by atoms with Crippen molar-refractivity contribution in [2.24, 2.45) is 7.05 Å². The molecule has 1 N–H and O–H groups in total. The predicted octanol–water partition coefficient (Wildman–Crippen LogP) is 4.78. The van der Waals surface area contributed by atoms with Crippen LogP contribution in [-0.2, 0) is 24.4 Å². The van der Waals surface area contributed by atoms with Crippen LogP contribution in [0.5, 0.6) is 11.5 Å². The van der Waals surface area contributed by atoms with Crippen LogP contribution in [-0.4, -0.2) is 32.0 Å². The molecule has 8 nitrogen and oxygen atoms in total. The molecule has 3 aromatic carbocycles. The Labute approximate surface area is 215 Å². The van der Waals surface area contributed by atoms with E-state index in [0.29, 0.717) is 23.5 Å². The molecule has 38 heavy (non-hydrogen) atoms. The van der Waals surface area contributed by atoms with Crippen LogP contribution in [0.25, 0.3) is 5.69 Å². The molecule has 1 atom stereocenters. The summed E-state index contributed by atoms with van der Waals surface area (Å²) in [6.45, 7) is 1.40. The first kappa shape index (κ1) is 26.5. The number of carboxylic acids is 1. The number of carbonyl (C=O) groups is 1. The number of aliphatic carboxylic acids is 1. The van der Waals surface area contributed by atoms with Gasteiger partial charge in [0.2, 0.25) is 0 Å². The van der Waals surface area contributed by atoms with Gasteiger partial charge in [0, 0.05) is 12.6 Å². The van der Waals surface area contributed by atoms with E-state index in [0.717, 1.165) is 22.4 Å². The average Bonchev–Trinajstić information content (AvgIpc) is 3.20. The van der Waals surface area contributed by atoms with E-state index in [1.807, 2.05) is 13.0 Å². The van der Waals surface area contributed by atoms with Gasteiger partial charge in [0.1, 0.15) is 11.5 Å². The number of halogens is 3. The lowest BCUT2D eigenvalue weighted by Crippen LogP contribution is -2.23. The fraction of sp³-hybridized carbons (Fsp3) is 0.222. The van der Waals surface area contributed by atoms with Gasteiger partial charge in [-0.1, -0.05) is 37.3 Å². The van der Waals surface area contributed by atoms with Gasteiger partial charge in [-0.15, -0.1) is 5.10 Å². The maximum absolute atomic E-state index is 13.1. The van der Waals surface area contributed by atoms with E-state index in [4.69, 9.17) is 14.6 Å². The van der Waals surface area contributed by atoms with Crippen LogP contribution in [0.1, 0.15) is 35.5 Å². The summed E-state index contributed by atoms with van der Waals surface area (Å²) in [5, 5.41) is 13.3. The first-order valence-corrected chi connectivity index (χ1v) is 11.6. The summed E-state index contributed by atoms with van der Waals surface area (Å²) in [6.07, 6.45) is -4.81. The molecule has 4 aromatic rings. The summed E-state index contributed by atoms with van der Waals surface area (Å²) in [7, 11) is 1.50. The minimum atomic E-state index is -4.50. The van der Waals surface area contributed by atoms with E-state index in [-0.39, 0.29) is 11.5 Å². The second-order valence-corrected chi connectivity index (χ2v) is 8.37. The smallest absolute Gasteiger partial charge is 0.416 e. The lowest BCUT2D eigenvalue weighted by Gasteiger charge is -2.20. The second-order valence-electron chi connectivity index (χ2n) is 8.37. The highest BCUT2D eigenvalue weighted by Crippen LogP contribution is 2.32. The fourth-order valence-corrected chi connectivity index (χ4v) is 3.86. The molecule has 0 saturated heterocycles. The van der Waals surface area contributed by atoms with E-state index in [2.05, 4.69) is 5.10 Å². The van der Waals surface area contributed by atoms with E-state index in [9.17, 15) is 22.8 Å². The number of benzene rings is 3. The molecule has 0 radical (unpaired) electrons. The lowest BCUT2D eigenvalue weighted by molar-refractivity contribution is -0.139. The first-order chi connectivity index (χ1) is 18.1. The van der Waals surface area contributed by atoms with E-state index in [1.165, 1.54) is 23.7 Å². The Hall–Kier alpha value is -4.54. The van der Waals surface area contributed by atoms with Crippen LogP contribution < -0.4 is 15.2 Å². The highest BCUT2D eigenvalue weighted by atomic mass is 19.4. The number of aryl methyl sites for hydroxylation is 1. The van der Waals surface area contributed by atoms with Crippen molar-refractivity contribution in [1.29, 1.82) is 0 Å². The highest BCUT2D eigenvalue weighted by molar-refractivity contribution is 5.68. The van der Waals surface area contributed by atoms with Gasteiger partial charge in [-0.25, -0.2) is 9.59 Å². The number of hydrogen-bond acceptors (Lipinski definition) is 5. The van der Waals surface area contributed by atoms with Crippen molar-refractivity contribution in [1.82, 2.24) is 14.3 Å². The van der Waals surface area contributed by atoms with E-state index >= 15 is 0 Å². The minimum absolute atomic E-state index is 0.171. The zero-order valence-electron chi connectivity index (χ0n) is 20.5. The molecule has 1 unspecified atom stereocenters. The third-order valence-electron chi connectivity index (χ3n) is 5.81. The van der Waals surface area contributed by atoms with Crippen LogP contribution >= 0.6 is 0 Å². The number of carboxylic acid groups (broad SMARTS) is 1. The molecule has 0 fully saturated rings. The van der Waals surface area contributed by atoms with Gasteiger partial charge < -0.3 is 14.6 Å². The Bertz CT molecular complexity index is 1480. The Morgan fingerprint density at radius 3 is 2.34 bits per heavy atom. The monoisotopic (exact) mass is 527 g/mol. The number of aromatic nitrogens is 3. The summed E-state index contributed by atoms with van der Waals surface area (Å²) in [6, 6.07) is 18.1. The number of ether oxygens (including phenoxy) is 2. The quantitative estimate of drug-likeness (QED) is 0.337. The van der Waals surface area contributed by atoms with Crippen molar-refractivity contribution in [2.45, 2.75) is 25.6 Å². The Morgan fingerprint density at radius 1 is 1.05 bits per heavy atom. The highest BCUT2D eigenvalue weighted by Gasteiger charge is 2.30. The van der Waals surface area contributed by atoms with Crippen LogP contribution in [0.3, 0.4) is 0 Å². The van der Waals surface area contributed by atoms with Gasteiger partial charge >= 0.3 is 17.8 Å². The summed E-state index contributed by atoms with van der Waals surface area (Å²) >= 11 is 0. The van der Waals surface area contributed by atoms with Crippen LogP contribution in [0.2, 0.25) is 0 Å². The molecular weight excluding hydrogens is 503 g/mol. The molecule has 4 rings (SSSR count). The van der Waals surface area contributed by atoms with E-state index < -0.39 is 36.1 Å². The summed E-state index contributed by atoms with van der Waals surface area (Å²) in [5.41, 5.74) is 0.184. The normalized spacial score (nSPS) is 12.2. The van der Waals surface area contributed by atoms with Crippen LogP contribution in [0.4, 0.5) is 13.2 Å². The van der Waals surface area contributed by atoms with Crippen LogP contribution in [0.15, 0.2) is 77.6 Å². The largest absolute Gasteiger partial charge is 0.482 e. The zero-order valence-corrected chi connectivity index (χ0v) is 20.5. The molecule has 0 aliphatic rings. The molecule has 0 bridgehead atoms. The Morgan fingerprint density at radius 2 is 1.74 bits per heavy atom. The number of nitrogens with zero attached hydrogens (tertiary/aromatic N) is 3. The number of hydrogen-bond donors (Lipinski definition) is 1. The molecular formula is C27H24F3N3O5. The molecule has 0 aliphatic heterocycles. The third-order valence-corrected chi connectivity index (χ3v) is 5.81. The fourth-order valence-electron chi connectivity index (χ4n) is 3.86. The van der Waals surface area contributed by atoms with Crippen LogP contribution in [0, 0.1) is 0 Å². The van der Waals surface area contributed by atoms with Gasteiger partial charge in [0.05, 0.1) is 11.3 Å². The maximum Gasteiger partial charge on any atom is 0.416 e. The average molecular weight is 527 g/mol. The lowest BCUT2D eigenvalue weighted by atomic mass is 10.1. The molecule has 1 heterocycles. The molecule has 0 spiro atoms. The van der Waals surface area contributed by atoms with Crippen molar-refractivity contribution < 1.29 is 32.5 Å². The Balaban J connectivity index is 1.73. The topological polar surface area (TPSA) is 95.6 Å². The third kappa shape index (κ3) is 5.72. The summed E-state index contributed by atoms with van der Waals surface area (Å²) in [4.78, 5) is 23.9. The van der Waals surface area contributed by atoms with E-state index in [1.54, 1.807) is 42.5 Å². The molecule has 11 heteroatoms. The molecule has 0 saturated carbocycles. The number of rotatable bonds is 9. The van der Waals surface area contributed by atoms with Gasteiger partial charge in [0.25, 0.3) is 0 Å². The number of alkyl halides is 3. The summed E-state index contributed by atoms with van der Waals surface area (Å²) < 4.78 is 52.9. The maximum atomic E-state index is 13.1.